The van der Waals surface area contributed by atoms with Crippen molar-refractivity contribution in [3.63, 3.8) is 0 Å². The number of carbonyl (C=O) groups is 1. The van der Waals surface area contributed by atoms with Crippen LogP contribution in [0.25, 0.3) is 6.08 Å². The number of anilines is 1. The molecule has 1 aliphatic heterocycles. The molecule has 1 N–H and O–H groups in total. The van der Waals surface area contributed by atoms with Crippen molar-refractivity contribution in [2.45, 2.75) is 33.1 Å². The van der Waals surface area contributed by atoms with Gasteiger partial charge in [-0.25, -0.2) is 4.79 Å². The lowest BCUT2D eigenvalue weighted by Gasteiger charge is -2.26. The van der Waals surface area contributed by atoms with Crippen molar-refractivity contribution in [2.24, 2.45) is 5.41 Å². The molecule has 0 aromatic heterocycles. The van der Waals surface area contributed by atoms with Crippen LogP contribution in [0.3, 0.4) is 0 Å². The smallest absolute Gasteiger partial charge is 0.328 e. The van der Waals surface area contributed by atoms with Gasteiger partial charge < -0.3 is 10.0 Å². The minimum atomic E-state index is -0.919. The van der Waals surface area contributed by atoms with Gasteiger partial charge in [-0.1, -0.05) is 29.8 Å². The molecule has 21 heavy (non-hydrogen) atoms. The lowest BCUT2D eigenvalue weighted by molar-refractivity contribution is -0.131. The molecule has 114 valence electrons. The van der Waals surface area contributed by atoms with Crippen LogP contribution >= 0.6 is 15.9 Å². The maximum atomic E-state index is 10.8. The normalized spacial score (nSPS) is 18.7. The monoisotopic (exact) mass is 351 g/mol. The Kier molecular flexibility index (Phi) is 5.09. The van der Waals surface area contributed by atoms with Crippen molar-refractivity contribution in [3.05, 3.63) is 34.3 Å². The second kappa shape index (κ2) is 6.65. The molecule has 1 aliphatic rings. The molecule has 1 aromatic rings. The predicted molar refractivity (Wildman–Crippen MR) is 90.7 cm³/mol. The number of hydrogen-bond acceptors (Lipinski definition) is 2. The first-order valence-corrected chi connectivity index (χ1v) is 8.12. The Morgan fingerprint density at radius 2 is 2.10 bits per heavy atom. The van der Waals surface area contributed by atoms with Crippen molar-refractivity contribution in [1.82, 2.24) is 0 Å². The number of hydrogen-bond donors (Lipinski definition) is 1. The van der Waals surface area contributed by atoms with E-state index in [1.807, 2.05) is 12.1 Å². The number of carboxylic acids is 1. The minimum absolute atomic E-state index is 0.390. The lowest BCUT2D eigenvalue weighted by Crippen LogP contribution is -2.25. The maximum absolute atomic E-state index is 10.8. The number of aliphatic carboxylic acids is 1. The summed E-state index contributed by atoms with van der Waals surface area (Å²) in [6.07, 6.45) is 6.45. The zero-order valence-corrected chi connectivity index (χ0v) is 14.2. The average molecular weight is 352 g/mol. The quantitative estimate of drug-likeness (QED) is 0.811. The number of benzene rings is 1. The number of nitrogens with zero attached hydrogens (tertiary/aromatic N) is 1. The summed E-state index contributed by atoms with van der Waals surface area (Å²) in [5, 5.41) is 8.85. The molecule has 1 aromatic carbocycles. The molecular formula is C17H22BrNO2. The van der Waals surface area contributed by atoms with E-state index in [2.05, 4.69) is 40.7 Å². The van der Waals surface area contributed by atoms with Gasteiger partial charge in [-0.3, -0.25) is 0 Å². The molecule has 1 fully saturated rings. The summed E-state index contributed by atoms with van der Waals surface area (Å²) < 4.78 is 0.964. The van der Waals surface area contributed by atoms with Gasteiger partial charge in [0.15, 0.2) is 0 Å². The highest BCUT2D eigenvalue weighted by Gasteiger charge is 2.23. The van der Waals surface area contributed by atoms with Crippen LogP contribution in [0.5, 0.6) is 0 Å². The summed E-state index contributed by atoms with van der Waals surface area (Å²) in [7, 11) is 0. The second-order valence-corrected chi connectivity index (χ2v) is 7.30. The Bertz CT molecular complexity index is 552. The molecule has 0 saturated carbocycles. The third kappa shape index (κ3) is 4.60. The fourth-order valence-corrected chi connectivity index (χ4v) is 3.15. The third-order valence-corrected chi connectivity index (χ3v) is 4.57. The third-order valence-electron chi connectivity index (χ3n) is 4.08. The molecule has 3 nitrogen and oxygen atoms in total. The summed E-state index contributed by atoms with van der Waals surface area (Å²) in [6.45, 7) is 6.69. The maximum Gasteiger partial charge on any atom is 0.328 e. The summed E-state index contributed by atoms with van der Waals surface area (Å²) in [4.78, 5) is 13.2. The zero-order chi connectivity index (χ0) is 15.5. The van der Waals surface area contributed by atoms with Gasteiger partial charge in [-0.15, -0.1) is 0 Å². The van der Waals surface area contributed by atoms with Gasteiger partial charge in [0.25, 0.3) is 0 Å². The van der Waals surface area contributed by atoms with E-state index in [9.17, 15) is 4.79 Å². The van der Waals surface area contributed by atoms with Crippen molar-refractivity contribution < 1.29 is 9.90 Å². The van der Waals surface area contributed by atoms with Gasteiger partial charge >= 0.3 is 5.97 Å². The fourth-order valence-electron chi connectivity index (χ4n) is 2.77. The highest BCUT2D eigenvalue weighted by Crippen LogP contribution is 2.33. The van der Waals surface area contributed by atoms with Crippen LogP contribution in [0.15, 0.2) is 28.7 Å². The molecule has 0 spiro atoms. The Morgan fingerprint density at radius 1 is 1.33 bits per heavy atom. The van der Waals surface area contributed by atoms with E-state index in [4.69, 9.17) is 5.11 Å². The van der Waals surface area contributed by atoms with E-state index < -0.39 is 5.97 Å². The second-order valence-electron chi connectivity index (χ2n) is 6.38. The van der Waals surface area contributed by atoms with E-state index >= 15 is 0 Å². The Labute approximate surface area is 134 Å². The van der Waals surface area contributed by atoms with E-state index in [0.717, 1.165) is 35.2 Å². The summed E-state index contributed by atoms with van der Waals surface area (Å²) in [5.74, 6) is -0.919. The SMILES string of the molecule is CC1(C)CCCN(c2ccc(Br)cc2/C=C/C(=O)O)CC1. The van der Waals surface area contributed by atoms with Crippen LogP contribution in [0, 0.1) is 5.41 Å². The molecule has 1 saturated heterocycles. The van der Waals surface area contributed by atoms with E-state index in [1.54, 1.807) is 6.08 Å². The zero-order valence-electron chi connectivity index (χ0n) is 12.6. The van der Waals surface area contributed by atoms with E-state index in [1.165, 1.54) is 18.9 Å². The first-order valence-electron chi connectivity index (χ1n) is 7.33. The van der Waals surface area contributed by atoms with Gasteiger partial charge in [0.05, 0.1) is 0 Å². The van der Waals surface area contributed by atoms with E-state index in [-0.39, 0.29) is 0 Å². The Hall–Kier alpha value is -1.29. The van der Waals surface area contributed by atoms with Gasteiger partial charge in [-0.05, 0) is 54.5 Å². The molecule has 0 bridgehead atoms. The molecule has 0 amide bonds. The van der Waals surface area contributed by atoms with Gasteiger partial charge in [-0.2, -0.15) is 0 Å². The summed E-state index contributed by atoms with van der Waals surface area (Å²) in [6, 6.07) is 6.07. The average Bonchev–Trinajstić information content (AvgIpc) is 2.57. The molecule has 0 atom stereocenters. The highest BCUT2D eigenvalue weighted by molar-refractivity contribution is 9.10. The minimum Gasteiger partial charge on any atom is -0.478 e. The number of halogens is 1. The van der Waals surface area contributed by atoms with Crippen LogP contribution in [-0.4, -0.2) is 24.2 Å². The standard InChI is InChI=1S/C17H22BrNO2/c1-17(2)8-3-10-19(11-9-17)15-6-5-14(18)12-13(15)4-7-16(20)21/h4-7,12H,3,8-11H2,1-2H3,(H,20,21)/b7-4+. The van der Waals surface area contributed by atoms with E-state index in [0.29, 0.717) is 5.41 Å². The predicted octanol–water partition coefficient (Wildman–Crippen LogP) is 4.56. The first kappa shape index (κ1) is 16.1. The molecule has 0 radical (unpaired) electrons. The molecule has 4 heteroatoms. The van der Waals surface area contributed by atoms with Crippen LogP contribution in [0.4, 0.5) is 5.69 Å². The Balaban J connectivity index is 2.28. The topological polar surface area (TPSA) is 40.5 Å². The van der Waals surface area contributed by atoms with Gasteiger partial charge in [0, 0.05) is 29.3 Å². The van der Waals surface area contributed by atoms with Crippen molar-refractivity contribution in [3.8, 4) is 0 Å². The molecule has 0 unspecified atom stereocenters. The van der Waals surface area contributed by atoms with Crippen molar-refractivity contribution >= 4 is 33.7 Å². The van der Waals surface area contributed by atoms with Gasteiger partial charge in [0.2, 0.25) is 0 Å². The van der Waals surface area contributed by atoms with Crippen LogP contribution < -0.4 is 4.90 Å². The molecular weight excluding hydrogens is 330 g/mol. The fraction of sp³-hybridized carbons (Fsp3) is 0.471. The Morgan fingerprint density at radius 3 is 2.81 bits per heavy atom. The highest BCUT2D eigenvalue weighted by atomic mass is 79.9. The van der Waals surface area contributed by atoms with Crippen LogP contribution in [0.2, 0.25) is 0 Å². The number of carboxylic acid groups (broad SMARTS) is 1. The van der Waals surface area contributed by atoms with Crippen molar-refractivity contribution in [2.75, 3.05) is 18.0 Å². The summed E-state index contributed by atoms with van der Waals surface area (Å²) in [5.41, 5.74) is 2.46. The molecule has 2 rings (SSSR count). The first-order chi connectivity index (χ1) is 9.87. The van der Waals surface area contributed by atoms with Crippen LogP contribution in [-0.2, 0) is 4.79 Å². The van der Waals surface area contributed by atoms with Crippen LogP contribution in [0.1, 0.15) is 38.7 Å². The summed E-state index contributed by atoms with van der Waals surface area (Å²) >= 11 is 3.46. The largest absolute Gasteiger partial charge is 0.478 e. The molecule has 1 heterocycles. The van der Waals surface area contributed by atoms with Gasteiger partial charge in [0.1, 0.15) is 0 Å². The molecule has 0 aliphatic carbocycles. The number of rotatable bonds is 3. The van der Waals surface area contributed by atoms with Crippen molar-refractivity contribution in [1.29, 1.82) is 0 Å². The lowest BCUT2D eigenvalue weighted by atomic mass is 9.85.